The molecule has 1 heterocycles. The fourth-order valence-electron chi connectivity index (χ4n) is 4.39. The number of hydrogen-bond acceptors (Lipinski definition) is 4. The van der Waals surface area contributed by atoms with Crippen LogP contribution in [0.3, 0.4) is 0 Å². The SMILES string of the molecule is CC1(C)CC(NC[C@@H](O)COc2ccc(-c3ccccc3)cc2)CC(C)(C)N1. The van der Waals surface area contributed by atoms with Gasteiger partial charge in [0.25, 0.3) is 0 Å². The van der Waals surface area contributed by atoms with Crippen molar-refractivity contribution in [2.75, 3.05) is 13.2 Å². The molecule has 2 aromatic rings. The molecule has 0 aliphatic carbocycles. The van der Waals surface area contributed by atoms with Crippen LogP contribution in [0.25, 0.3) is 11.1 Å². The number of hydrogen-bond donors (Lipinski definition) is 3. The molecule has 3 N–H and O–H groups in total. The third-order valence-corrected chi connectivity index (χ3v) is 5.24. The van der Waals surface area contributed by atoms with Gasteiger partial charge in [0.05, 0.1) is 0 Å². The van der Waals surface area contributed by atoms with E-state index in [9.17, 15) is 5.11 Å². The summed E-state index contributed by atoms with van der Waals surface area (Å²) in [5.41, 5.74) is 2.54. The highest BCUT2D eigenvalue weighted by Gasteiger charge is 2.37. The Labute approximate surface area is 169 Å². The molecule has 4 heteroatoms. The molecule has 0 unspecified atom stereocenters. The second kappa shape index (κ2) is 8.64. The quantitative estimate of drug-likeness (QED) is 0.678. The van der Waals surface area contributed by atoms with Crippen LogP contribution in [0.15, 0.2) is 54.6 Å². The fraction of sp³-hybridized carbons (Fsp3) is 0.500. The molecule has 1 aliphatic rings. The molecule has 4 nitrogen and oxygen atoms in total. The Morgan fingerprint density at radius 2 is 1.54 bits per heavy atom. The van der Waals surface area contributed by atoms with Gasteiger partial charge in [0.1, 0.15) is 18.5 Å². The van der Waals surface area contributed by atoms with Gasteiger partial charge in [-0.25, -0.2) is 0 Å². The Hall–Kier alpha value is -1.88. The maximum atomic E-state index is 10.3. The van der Waals surface area contributed by atoms with Gasteiger partial charge < -0.3 is 20.5 Å². The number of piperidine rings is 1. The molecule has 1 fully saturated rings. The first-order chi connectivity index (χ1) is 13.2. The summed E-state index contributed by atoms with van der Waals surface area (Å²) in [6, 6.07) is 18.7. The molecule has 0 saturated carbocycles. The summed E-state index contributed by atoms with van der Waals surface area (Å²) in [4.78, 5) is 0. The summed E-state index contributed by atoms with van der Waals surface area (Å²) in [6.45, 7) is 9.78. The molecule has 0 radical (unpaired) electrons. The minimum Gasteiger partial charge on any atom is -0.491 e. The Morgan fingerprint density at radius 3 is 2.14 bits per heavy atom. The van der Waals surface area contributed by atoms with Gasteiger partial charge in [-0.05, 0) is 63.8 Å². The molecule has 1 atom stereocenters. The Morgan fingerprint density at radius 1 is 0.964 bits per heavy atom. The molecule has 2 aromatic carbocycles. The predicted octanol–water partition coefficient (Wildman–Crippen LogP) is 3.99. The summed E-state index contributed by atoms with van der Waals surface area (Å²) >= 11 is 0. The first-order valence-electron chi connectivity index (χ1n) is 10.2. The molecule has 0 amide bonds. The molecule has 1 saturated heterocycles. The van der Waals surface area contributed by atoms with E-state index in [1.807, 2.05) is 30.3 Å². The molecule has 0 bridgehead atoms. The molecule has 1 aliphatic heterocycles. The largest absolute Gasteiger partial charge is 0.491 e. The minimum atomic E-state index is -0.532. The molecule has 28 heavy (non-hydrogen) atoms. The van der Waals surface area contributed by atoms with E-state index < -0.39 is 6.10 Å². The van der Waals surface area contributed by atoms with Crippen molar-refractivity contribution in [3.8, 4) is 16.9 Å². The van der Waals surface area contributed by atoms with Crippen molar-refractivity contribution < 1.29 is 9.84 Å². The van der Waals surface area contributed by atoms with E-state index in [1.165, 1.54) is 5.56 Å². The van der Waals surface area contributed by atoms with Gasteiger partial charge >= 0.3 is 0 Å². The number of nitrogens with one attached hydrogen (secondary N) is 2. The van der Waals surface area contributed by atoms with Crippen molar-refractivity contribution in [2.24, 2.45) is 0 Å². The first kappa shape index (κ1) is 20.8. The fourth-order valence-corrected chi connectivity index (χ4v) is 4.39. The van der Waals surface area contributed by atoms with Gasteiger partial charge in [0.15, 0.2) is 0 Å². The lowest BCUT2D eigenvalue weighted by Gasteiger charge is -2.47. The highest BCUT2D eigenvalue weighted by Crippen LogP contribution is 2.28. The first-order valence-corrected chi connectivity index (χ1v) is 10.2. The van der Waals surface area contributed by atoms with E-state index in [4.69, 9.17) is 4.74 Å². The number of aliphatic hydroxyl groups excluding tert-OH is 1. The maximum absolute atomic E-state index is 10.3. The van der Waals surface area contributed by atoms with E-state index in [-0.39, 0.29) is 17.7 Å². The lowest BCUT2D eigenvalue weighted by atomic mass is 9.79. The predicted molar refractivity (Wildman–Crippen MR) is 116 cm³/mol. The number of benzene rings is 2. The average Bonchev–Trinajstić information content (AvgIpc) is 2.63. The maximum Gasteiger partial charge on any atom is 0.119 e. The third kappa shape index (κ3) is 6.06. The standard InChI is InChI=1S/C24H34N2O2/c1-23(2)14-20(15-24(3,4)26-23)25-16-21(27)17-28-22-12-10-19(11-13-22)18-8-6-5-7-9-18/h5-13,20-21,25-27H,14-17H2,1-4H3/t21-/m1/s1. The van der Waals surface area contributed by atoms with Gasteiger partial charge in [0, 0.05) is 23.7 Å². The van der Waals surface area contributed by atoms with Crippen molar-refractivity contribution in [1.82, 2.24) is 10.6 Å². The normalized spacial score (nSPS) is 19.9. The number of aliphatic hydroxyl groups is 1. The van der Waals surface area contributed by atoms with Gasteiger partial charge in [-0.3, -0.25) is 0 Å². The summed E-state index contributed by atoms with van der Waals surface area (Å²) in [6.07, 6.45) is 1.56. The lowest BCUT2D eigenvalue weighted by Crippen LogP contribution is -2.62. The van der Waals surface area contributed by atoms with Crippen LogP contribution in [-0.4, -0.2) is 41.5 Å². The second-order valence-corrected chi connectivity index (χ2v) is 9.26. The zero-order valence-electron chi connectivity index (χ0n) is 17.5. The van der Waals surface area contributed by atoms with E-state index in [0.29, 0.717) is 12.6 Å². The second-order valence-electron chi connectivity index (χ2n) is 9.26. The van der Waals surface area contributed by atoms with E-state index in [2.05, 4.69) is 62.6 Å². The molecular formula is C24H34N2O2. The summed E-state index contributed by atoms with van der Waals surface area (Å²) < 4.78 is 5.78. The van der Waals surface area contributed by atoms with Crippen molar-refractivity contribution in [1.29, 1.82) is 0 Å². The van der Waals surface area contributed by atoms with Gasteiger partial charge in [-0.1, -0.05) is 42.5 Å². The van der Waals surface area contributed by atoms with Gasteiger partial charge in [-0.15, -0.1) is 0 Å². The van der Waals surface area contributed by atoms with Crippen LogP contribution in [0.4, 0.5) is 0 Å². The topological polar surface area (TPSA) is 53.5 Å². The smallest absolute Gasteiger partial charge is 0.119 e. The van der Waals surface area contributed by atoms with E-state index >= 15 is 0 Å². The van der Waals surface area contributed by atoms with Crippen LogP contribution in [0.1, 0.15) is 40.5 Å². The van der Waals surface area contributed by atoms with Crippen LogP contribution >= 0.6 is 0 Å². The molecule has 3 rings (SSSR count). The van der Waals surface area contributed by atoms with Crippen molar-refractivity contribution >= 4 is 0 Å². The van der Waals surface area contributed by atoms with Crippen molar-refractivity contribution in [3.05, 3.63) is 54.6 Å². The molecule has 0 spiro atoms. The Bertz CT molecular complexity index is 725. The number of rotatable bonds is 7. The molecular weight excluding hydrogens is 348 g/mol. The Balaban J connectivity index is 1.45. The third-order valence-electron chi connectivity index (χ3n) is 5.24. The van der Waals surface area contributed by atoms with Crippen LogP contribution in [0.2, 0.25) is 0 Å². The highest BCUT2D eigenvalue weighted by molar-refractivity contribution is 5.63. The summed E-state index contributed by atoms with van der Waals surface area (Å²) in [5.74, 6) is 0.780. The van der Waals surface area contributed by atoms with Gasteiger partial charge in [0.2, 0.25) is 0 Å². The molecule has 0 aromatic heterocycles. The lowest BCUT2D eigenvalue weighted by molar-refractivity contribution is 0.0901. The average molecular weight is 383 g/mol. The highest BCUT2D eigenvalue weighted by atomic mass is 16.5. The Kier molecular flexibility index (Phi) is 6.43. The van der Waals surface area contributed by atoms with Crippen LogP contribution in [0, 0.1) is 0 Å². The van der Waals surface area contributed by atoms with Crippen molar-refractivity contribution in [3.63, 3.8) is 0 Å². The summed E-state index contributed by atoms with van der Waals surface area (Å²) in [7, 11) is 0. The summed E-state index contributed by atoms with van der Waals surface area (Å²) in [5, 5.41) is 17.5. The van der Waals surface area contributed by atoms with Crippen molar-refractivity contribution in [2.45, 2.75) is 63.8 Å². The van der Waals surface area contributed by atoms with Gasteiger partial charge in [-0.2, -0.15) is 0 Å². The zero-order valence-corrected chi connectivity index (χ0v) is 17.5. The monoisotopic (exact) mass is 382 g/mol. The zero-order chi connectivity index (χ0) is 20.2. The number of ether oxygens (including phenoxy) is 1. The van der Waals surface area contributed by atoms with Crippen LogP contribution < -0.4 is 15.4 Å². The van der Waals surface area contributed by atoms with Crippen LogP contribution in [0.5, 0.6) is 5.75 Å². The van der Waals surface area contributed by atoms with Crippen LogP contribution in [-0.2, 0) is 0 Å². The van der Waals surface area contributed by atoms with E-state index in [0.717, 1.165) is 24.2 Å². The molecule has 152 valence electrons. The van der Waals surface area contributed by atoms with E-state index in [1.54, 1.807) is 0 Å². The minimum absolute atomic E-state index is 0.0986.